The lowest BCUT2D eigenvalue weighted by Crippen LogP contribution is -2.24. The second-order valence-corrected chi connectivity index (χ2v) is 4.09. The molecule has 0 aliphatic heterocycles. The highest BCUT2D eigenvalue weighted by atomic mass is 15.1. The van der Waals surface area contributed by atoms with Crippen LogP contribution in [0.4, 0.5) is 17.1 Å². The second-order valence-electron chi connectivity index (χ2n) is 4.09. The van der Waals surface area contributed by atoms with Crippen LogP contribution in [0.25, 0.3) is 0 Å². The molecular weight excluding hydrogens is 214 g/mol. The van der Waals surface area contributed by atoms with E-state index in [4.69, 9.17) is 11.5 Å². The summed E-state index contributed by atoms with van der Waals surface area (Å²) in [6, 6.07) is 5.51. The number of hydrogen-bond donors (Lipinski definition) is 3. The van der Waals surface area contributed by atoms with Gasteiger partial charge in [0, 0.05) is 5.69 Å². The van der Waals surface area contributed by atoms with E-state index in [1.807, 2.05) is 42.5 Å². The maximum absolute atomic E-state index is 5.85. The lowest BCUT2D eigenvalue weighted by Gasteiger charge is -2.08. The molecule has 5 heteroatoms. The predicted molar refractivity (Wildman–Crippen MR) is 69.4 cm³/mol. The molecule has 1 aromatic carbocycles. The summed E-state index contributed by atoms with van der Waals surface area (Å²) in [5.74, 6) is 0. The summed E-state index contributed by atoms with van der Waals surface area (Å²) in [5.41, 5.74) is 13.8. The van der Waals surface area contributed by atoms with E-state index in [2.05, 4.69) is 9.88 Å². The molecule has 1 heterocycles. The van der Waals surface area contributed by atoms with Crippen molar-refractivity contribution in [3.05, 3.63) is 36.9 Å². The topological polar surface area (TPSA) is 72.9 Å². The third kappa shape index (κ3) is 2.90. The van der Waals surface area contributed by atoms with Crippen molar-refractivity contribution >= 4 is 17.1 Å². The van der Waals surface area contributed by atoms with Crippen molar-refractivity contribution in [2.45, 2.75) is 6.54 Å². The number of nitrogens with zero attached hydrogens (tertiary/aromatic N) is 2. The Labute approximate surface area is 101 Å². The van der Waals surface area contributed by atoms with Crippen molar-refractivity contribution < 1.29 is 4.57 Å². The van der Waals surface area contributed by atoms with Crippen LogP contribution in [0, 0.1) is 0 Å². The Balaban J connectivity index is 1.90. The standard InChI is InChI=1S/C12H18N5/c1-16-6-7-17(9-16)5-4-15-12-3-2-10(13)8-11(12)14/h2-3,6-9,15H,4-5,13-14H2,1H3/q+1. The molecule has 0 fully saturated rings. The monoisotopic (exact) mass is 232 g/mol. The van der Waals surface area contributed by atoms with Crippen molar-refractivity contribution in [3.63, 3.8) is 0 Å². The Kier molecular flexibility index (Phi) is 3.18. The van der Waals surface area contributed by atoms with Crippen LogP contribution in [0.1, 0.15) is 0 Å². The maximum Gasteiger partial charge on any atom is 0.243 e. The van der Waals surface area contributed by atoms with Crippen LogP contribution >= 0.6 is 0 Å². The van der Waals surface area contributed by atoms with Gasteiger partial charge in [0.25, 0.3) is 0 Å². The van der Waals surface area contributed by atoms with E-state index in [1.54, 1.807) is 6.07 Å². The van der Waals surface area contributed by atoms with Gasteiger partial charge in [0.2, 0.25) is 6.33 Å². The van der Waals surface area contributed by atoms with Crippen molar-refractivity contribution in [2.75, 3.05) is 23.3 Å². The molecule has 17 heavy (non-hydrogen) atoms. The summed E-state index contributed by atoms with van der Waals surface area (Å²) in [7, 11) is 2.00. The fourth-order valence-corrected chi connectivity index (χ4v) is 1.70. The zero-order chi connectivity index (χ0) is 12.3. The molecule has 0 spiro atoms. The summed E-state index contributed by atoms with van der Waals surface area (Å²) < 4.78 is 4.12. The van der Waals surface area contributed by atoms with Crippen molar-refractivity contribution in [2.24, 2.45) is 7.05 Å². The average molecular weight is 232 g/mol. The van der Waals surface area contributed by atoms with E-state index in [-0.39, 0.29) is 0 Å². The molecule has 5 nitrogen and oxygen atoms in total. The number of imidazole rings is 1. The van der Waals surface area contributed by atoms with E-state index in [0.717, 1.165) is 18.8 Å². The number of rotatable bonds is 4. The lowest BCUT2D eigenvalue weighted by atomic mass is 10.2. The number of nitrogens with one attached hydrogen (secondary N) is 1. The third-order valence-electron chi connectivity index (χ3n) is 2.58. The molecule has 0 aliphatic carbocycles. The zero-order valence-corrected chi connectivity index (χ0v) is 9.93. The first-order chi connectivity index (χ1) is 8.15. The summed E-state index contributed by atoms with van der Waals surface area (Å²) in [6.45, 7) is 1.72. The van der Waals surface area contributed by atoms with Crippen LogP contribution in [-0.4, -0.2) is 11.1 Å². The van der Waals surface area contributed by atoms with Gasteiger partial charge in [-0.05, 0) is 18.2 Å². The fraction of sp³-hybridized carbons (Fsp3) is 0.250. The number of nitrogens with two attached hydrogens (primary N) is 2. The first kappa shape index (κ1) is 11.3. The summed E-state index contributed by atoms with van der Waals surface area (Å²) in [5, 5.41) is 3.29. The number of anilines is 3. The van der Waals surface area contributed by atoms with Crippen LogP contribution in [0.2, 0.25) is 0 Å². The number of aryl methyl sites for hydroxylation is 1. The minimum absolute atomic E-state index is 0.683. The summed E-state index contributed by atoms with van der Waals surface area (Å²) >= 11 is 0. The first-order valence-electron chi connectivity index (χ1n) is 5.55. The highest BCUT2D eigenvalue weighted by Gasteiger charge is 2.01. The van der Waals surface area contributed by atoms with Gasteiger partial charge in [0.05, 0.1) is 25.0 Å². The molecule has 0 amide bonds. The molecule has 0 aliphatic rings. The molecule has 0 bridgehead atoms. The van der Waals surface area contributed by atoms with Gasteiger partial charge in [-0.2, -0.15) is 0 Å². The molecular formula is C12H18N5+. The Morgan fingerprint density at radius 2 is 2.18 bits per heavy atom. The summed E-state index contributed by atoms with van der Waals surface area (Å²) in [6.07, 6.45) is 6.08. The van der Waals surface area contributed by atoms with Gasteiger partial charge in [-0.3, -0.25) is 0 Å². The Bertz CT molecular complexity index is 503. The number of benzene rings is 1. The van der Waals surface area contributed by atoms with Gasteiger partial charge in [0.1, 0.15) is 18.9 Å². The van der Waals surface area contributed by atoms with Crippen LogP contribution in [0.3, 0.4) is 0 Å². The van der Waals surface area contributed by atoms with Crippen LogP contribution < -0.4 is 21.4 Å². The minimum atomic E-state index is 0.683. The van der Waals surface area contributed by atoms with Gasteiger partial charge in [-0.15, -0.1) is 0 Å². The smallest absolute Gasteiger partial charge is 0.243 e. The van der Waals surface area contributed by atoms with Crippen molar-refractivity contribution in [3.8, 4) is 0 Å². The largest absolute Gasteiger partial charge is 0.399 e. The molecule has 0 radical (unpaired) electrons. The van der Waals surface area contributed by atoms with Gasteiger partial charge in [-0.1, -0.05) is 0 Å². The molecule has 0 atom stereocenters. The van der Waals surface area contributed by atoms with E-state index in [9.17, 15) is 0 Å². The van der Waals surface area contributed by atoms with Gasteiger partial charge < -0.3 is 16.8 Å². The molecule has 0 unspecified atom stereocenters. The first-order valence-corrected chi connectivity index (χ1v) is 5.55. The van der Waals surface area contributed by atoms with Crippen LogP contribution in [0.15, 0.2) is 36.9 Å². The third-order valence-corrected chi connectivity index (χ3v) is 2.58. The maximum atomic E-state index is 5.85. The Morgan fingerprint density at radius 1 is 1.35 bits per heavy atom. The van der Waals surface area contributed by atoms with E-state index >= 15 is 0 Å². The number of hydrogen-bond acceptors (Lipinski definition) is 3. The van der Waals surface area contributed by atoms with E-state index < -0.39 is 0 Å². The molecule has 90 valence electrons. The molecule has 0 saturated heterocycles. The normalized spacial score (nSPS) is 10.4. The van der Waals surface area contributed by atoms with Gasteiger partial charge >= 0.3 is 0 Å². The predicted octanol–water partition coefficient (Wildman–Crippen LogP) is 0.589. The fourth-order valence-electron chi connectivity index (χ4n) is 1.70. The van der Waals surface area contributed by atoms with Crippen molar-refractivity contribution in [1.29, 1.82) is 0 Å². The van der Waals surface area contributed by atoms with Gasteiger partial charge in [0.15, 0.2) is 0 Å². The zero-order valence-electron chi connectivity index (χ0n) is 9.93. The van der Waals surface area contributed by atoms with E-state index in [0.29, 0.717) is 11.4 Å². The summed E-state index contributed by atoms with van der Waals surface area (Å²) in [4.78, 5) is 0. The number of nitrogen functional groups attached to an aromatic ring is 2. The lowest BCUT2D eigenvalue weighted by molar-refractivity contribution is -0.671. The number of aromatic nitrogens is 2. The highest BCUT2D eigenvalue weighted by Crippen LogP contribution is 2.20. The SMILES string of the molecule is C[n+]1ccn(CCNc2ccc(N)cc2N)c1. The molecule has 5 N–H and O–H groups in total. The van der Waals surface area contributed by atoms with E-state index in [1.165, 1.54) is 0 Å². The quantitative estimate of drug-likeness (QED) is 0.533. The second kappa shape index (κ2) is 4.78. The molecule has 2 aromatic rings. The average Bonchev–Trinajstić information content (AvgIpc) is 2.68. The van der Waals surface area contributed by atoms with Crippen LogP contribution in [-0.2, 0) is 13.6 Å². The van der Waals surface area contributed by atoms with Crippen molar-refractivity contribution in [1.82, 2.24) is 4.57 Å². The molecule has 2 rings (SSSR count). The van der Waals surface area contributed by atoms with Gasteiger partial charge in [-0.25, -0.2) is 9.13 Å². The highest BCUT2D eigenvalue weighted by molar-refractivity contribution is 5.70. The molecule has 1 aromatic heterocycles. The Morgan fingerprint density at radius 3 is 2.82 bits per heavy atom. The minimum Gasteiger partial charge on any atom is -0.399 e. The molecule has 0 saturated carbocycles. The van der Waals surface area contributed by atoms with Crippen LogP contribution in [0.5, 0.6) is 0 Å². The Hall–Kier alpha value is -2.17.